The predicted molar refractivity (Wildman–Crippen MR) is 153 cm³/mol. The van der Waals surface area contributed by atoms with Crippen LogP contribution in [0.25, 0.3) is 11.5 Å². The number of carboxylic acid groups (broad SMARTS) is 1. The Morgan fingerprint density at radius 1 is 1.05 bits per heavy atom. The van der Waals surface area contributed by atoms with E-state index < -0.39 is 26.4 Å². The molecule has 12 nitrogen and oxygen atoms in total. The molecule has 3 aromatic rings. The Labute approximate surface area is 240 Å². The van der Waals surface area contributed by atoms with E-state index in [0.29, 0.717) is 39.5 Å². The molecule has 1 heterocycles. The van der Waals surface area contributed by atoms with Crippen LogP contribution in [-0.2, 0) is 38.1 Å². The molecule has 0 fully saturated rings. The van der Waals surface area contributed by atoms with Gasteiger partial charge in [-0.1, -0.05) is 12.1 Å². The van der Waals surface area contributed by atoms with Crippen LogP contribution in [-0.4, -0.2) is 76.3 Å². The second-order valence-corrected chi connectivity index (χ2v) is 14.4. The summed E-state index contributed by atoms with van der Waals surface area (Å²) in [6, 6.07) is 11.7. The molecule has 1 aliphatic carbocycles. The number of anilines is 1. The third-order valence-corrected chi connectivity index (χ3v) is 11.1. The van der Waals surface area contributed by atoms with Crippen molar-refractivity contribution in [3.8, 4) is 17.2 Å². The zero-order chi connectivity index (χ0) is 30.1. The molecular weight excluding hydrogens is 572 g/mol. The lowest BCUT2D eigenvalue weighted by atomic mass is 9.98. The van der Waals surface area contributed by atoms with Crippen LogP contribution in [0.5, 0.6) is 5.75 Å². The molecule has 0 unspecified atom stereocenters. The zero-order valence-corrected chi connectivity index (χ0v) is 25.2. The SMILES string of the molecule is Cc1oc(-c2cccc(N(S(=O)(=O)N(C)C)S(=O)(=O)N(C)C)c2)nc1CCOc1ccc2c(c1)CC[C@H]2CC(=O)O. The average molecular weight is 607 g/mol. The van der Waals surface area contributed by atoms with Crippen LogP contribution >= 0.6 is 0 Å². The number of oxazole rings is 1. The molecule has 14 heteroatoms. The molecule has 0 spiro atoms. The van der Waals surface area contributed by atoms with E-state index in [-0.39, 0.29) is 23.9 Å². The van der Waals surface area contributed by atoms with Crippen molar-refractivity contribution in [1.29, 1.82) is 0 Å². The fourth-order valence-corrected chi connectivity index (χ4v) is 7.78. The molecule has 222 valence electrons. The van der Waals surface area contributed by atoms with Crippen molar-refractivity contribution in [2.45, 2.75) is 38.5 Å². The van der Waals surface area contributed by atoms with Crippen LogP contribution in [0.15, 0.2) is 46.9 Å². The smallest absolute Gasteiger partial charge is 0.317 e. The summed E-state index contributed by atoms with van der Waals surface area (Å²) in [5, 5.41) is 9.12. The van der Waals surface area contributed by atoms with Gasteiger partial charge in [-0.15, -0.1) is 3.71 Å². The highest BCUT2D eigenvalue weighted by molar-refractivity contribution is 8.08. The number of aryl methyl sites for hydroxylation is 2. The molecule has 0 aliphatic heterocycles. The Hall–Kier alpha value is -3.46. The molecule has 1 aliphatic rings. The minimum atomic E-state index is -4.40. The number of benzene rings is 2. The van der Waals surface area contributed by atoms with Crippen LogP contribution in [0.2, 0.25) is 0 Å². The molecule has 1 atom stereocenters. The third-order valence-electron chi connectivity index (χ3n) is 6.88. The van der Waals surface area contributed by atoms with Crippen LogP contribution in [0.1, 0.15) is 41.3 Å². The van der Waals surface area contributed by atoms with Gasteiger partial charge in [0.25, 0.3) is 0 Å². The number of aliphatic carboxylic acids is 1. The first-order valence-corrected chi connectivity index (χ1v) is 15.7. The summed E-state index contributed by atoms with van der Waals surface area (Å²) in [6.45, 7) is 2.08. The molecule has 41 heavy (non-hydrogen) atoms. The van der Waals surface area contributed by atoms with Crippen molar-refractivity contribution < 1.29 is 35.9 Å². The van der Waals surface area contributed by atoms with E-state index in [0.717, 1.165) is 32.6 Å². The van der Waals surface area contributed by atoms with Gasteiger partial charge in [0.2, 0.25) is 5.89 Å². The number of hydrogen-bond donors (Lipinski definition) is 1. The lowest BCUT2D eigenvalue weighted by Gasteiger charge is -2.29. The topological polar surface area (TPSA) is 151 Å². The maximum Gasteiger partial charge on any atom is 0.317 e. The fraction of sp³-hybridized carbons (Fsp3) is 0.407. The van der Waals surface area contributed by atoms with Crippen molar-refractivity contribution in [3.05, 3.63) is 65.0 Å². The van der Waals surface area contributed by atoms with Gasteiger partial charge >= 0.3 is 26.4 Å². The van der Waals surface area contributed by atoms with Gasteiger partial charge in [0.1, 0.15) is 11.5 Å². The molecule has 0 bridgehead atoms. The summed E-state index contributed by atoms with van der Waals surface area (Å²) in [5.74, 6) is 0.693. The van der Waals surface area contributed by atoms with Crippen LogP contribution in [0.3, 0.4) is 0 Å². The number of ether oxygens (including phenoxy) is 1. The normalized spacial score (nSPS) is 15.3. The van der Waals surface area contributed by atoms with Crippen molar-refractivity contribution >= 4 is 32.1 Å². The van der Waals surface area contributed by atoms with Gasteiger partial charge in [0.15, 0.2) is 0 Å². The summed E-state index contributed by atoms with van der Waals surface area (Å²) < 4.78 is 65.9. The van der Waals surface area contributed by atoms with Crippen molar-refractivity contribution in [2.75, 3.05) is 38.5 Å². The van der Waals surface area contributed by atoms with Crippen molar-refractivity contribution in [3.63, 3.8) is 0 Å². The fourth-order valence-electron chi connectivity index (χ4n) is 4.68. The second kappa shape index (κ2) is 11.8. The standard InChI is InChI=1S/C27H34N4O8S2/c1-18-25(13-14-38-23-11-12-24-19(16-23)9-10-20(24)17-26(32)33)28-27(39-18)21-7-6-8-22(15-21)31(40(34,35)29(2)3)41(36,37)30(4)5/h6-8,11-12,15-16,20H,9-10,13-14,17H2,1-5H3,(H,32,33)/t20-/m0/s1. The van der Waals surface area contributed by atoms with Gasteiger partial charge in [0, 0.05) is 40.2 Å². The molecule has 4 rings (SSSR count). The van der Waals surface area contributed by atoms with Crippen LogP contribution in [0.4, 0.5) is 5.69 Å². The zero-order valence-electron chi connectivity index (χ0n) is 23.6. The monoisotopic (exact) mass is 606 g/mol. The van der Waals surface area contributed by atoms with Gasteiger partial charge in [-0.2, -0.15) is 25.4 Å². The molecule has 2 aromatic carbocycles. The van der Waals surface area contributed by atoms with Gasteiger partial charge < -0.3 is 14.3 Å². The lowest BCUT2D eigenvalue weighted by Crippen LogP contribution is -2.48. The Morgan fingerprint density at radius 3 is 2.37 bits per heavy atom. The van der Waals surface area contributed by atoms with Crippen LogP contribution in [0, 0.1) is 6.92 Å². The average Bonchev–Trinajstić information content (AvgIpc) is 3.46. The first-order chi connectivity index (χ1) is 19.2. The molecule has 1 N–H and O–H groups in total. The highest BCUT2D eigenvalue weighted by atomic mass is 32.3. The third kappa shape index (κ3) is 6.40. The van der Waals surface area contributed by atoms with Gasteiger partial charge in [-0.3, -0.25) is 4.79 Å². The summed E-state index contributed by atoms with van der Waals surface area (Å²) in [4.78, 5) is 15.7. The Balaban J connectivity index is 1.51. The summed E-state index contributed by atoms with van der Waals surface area (Å²) in [5.41, 5.74) is 3.13. The van der Waals surface area contributed by atoms with Gasteiger partial charge in [-0.05, 0) is 67.1 Å². The molecule has 1 aromatic heterocycles. The maximum absolute atomic E-state index is 13.0. The highest BCUT2D eigenvalue weighted by Crippen LogP contribution is 2.37. The molecular formula is C27H34N4O8S2. The van der Waals surface area contributed by atoms with Crippen LogP contribution < -0.4 is 8.45 Å². The number of carbonyl (C=O) groups is 1. The number of nitrogens with zero attached hydrogens (tertiary/aromatic N) is 4. The largest absolute Gasteiger partial charge is 0.493 e. The van der Waals surface area contributed by atoms with Gasteiger partial charge in [0.05, 0.1) is 24.4 Å². The van der Waals surface area contributed by atoms with E-state index in [1.54, 1.807) is 13.0 Å². The number of hydrogen-bond acceptors (Lipinski definition) is 8. The summed E-state index contributed by atoms with van der Waals surface area (Å²) in [6.07, 6.45) is 2.19. The molecule has 0 radical (unpaired) electrons. The number of carboxylic acids is 1. The number of fused-ring (bicyclic) bond motifs is 1. The molecule has 0 saturated carbocycles. The van der Waals surface area contributed by atoms with Crippen molar-refractivity contribution in [1.82, 2.24) is 13.6 Å². The lowest BCUT2D eigenvalue weighted by molar-refractivity contribution is -0.137. The molecule has 0 amide bonds. The first-order valence-electron chi connectivity index (χ1n) is 12.9. The number of aromatic nitrogens is 1. The summed E-state index contributed by atoms with van der Waals surface area (Å²) >= 11 is 0. The quantitative estimate of drug-likeness (QED) is 0.328. The van der Waals surface area contributed by atoms with E-state index in [9.17, 15) is 21.6 Å². The number of rotatable bonds is 12. The van der Waals surface area contributed by atoms with Crippen molar-refractivity contribution in [2.24, 2.45) is 0 Å². The minimum Gasteiger partial charge on any atom is -0.493 e. The van der Waals surface area contributed by atoms with E-state index in [4.69, 9.17) is 14.3 Å². The Bertz CT molecular complexity index is 1610. The van der Waals surface area contributed by atoms with E-state index in [2.05, 4.69) is 4.98 Å². The Kier molecular flexibility index (Phi) is 8.78. The van der Waals surface area contributed by atoms with E-state index in [1.807, 2.05) is 18.2 Å². The predicted octanol–water partition coefficient (Wildman–Crippen LogP) is 3.20. The minimum absolute atomic E-state index is 0.0318. The van der Waals surface area contributed by atoms with E-state index >= 15 is 0 Å². The molecule has 0 saturated heterocycles. The Morgan fingerprint density at radius 2 is 1.73 bits per heavy atom. The first kappa shape index (κ1) is 30.5. The maximum atomic E-state index is 13.0. The van der Waals surface area contributed by atoms with E-state index in [1.165, 1.54) is 46.4 Å². The summed E-state index contributed by atoms with van der Waals surface area (Å²) in [7, 11) is -3.80. The second-order valence-electron chi connectivity index (χ2n) is 10.1. The highest BCUT2D eigenvalue weighted by Gasteiger charge is 2.38. The van der Waals surface area contributed by atoms with Gasteiger partial charge in [-0.25, -0.2) is 4.98 Å².